The molecule has 22 heavy (non-hydrogen) atoms. The molecule has 0 aliphatic rings. The summed E-state index contributed by atoms with van der Waals surface area (Å²) in [6.45, 7) is 9.46. The first kappa shape index (κ1) is 18.2. The van der Waals surface area contributed by atoms with Gasteiger partial charge in [-0.2, -0.15) is 0 Å². The normalized spacial score (nSPS) is 12.9. The van der Waals surface area contributed by atoms with Crippen molar-refractivity contribution in [2.24, 2.45) is 11.3 Å². The molecule has 0 radical (unpaired) electrons. The van der Waals surface area contributed by atoms with Crippen LogP contribution >= 0.6 is 0 Å². The average molecular weight is 306 g/mol. The first-order chi connectivity index (χ1) is 10.1. The fraction of sp³-hybridized carbons (Fsp3) is 0.529. The van der Waals surface area contributed by atoms with E-state index in [-0.39, 0.29) is 24.3 Å². The van der Waals surface area contributed by atoms with Crippen LogP contribution in [0.1, 0.15) is 45.0 Å². The molecule has 0 fully saturated rings. The van der Waals surface area contributed by atoms with Gasteiger partial charge in [0.15, 0.2) is 0 Å². The number of carbonyl (C=O) groups is 2. The van der Waals surface area contributed by atoms with Crippen molar-refractivity contribution in [1.82, 2.24) is 5.32 Å². The standard InChI is InChI=1S/C17H26N2O3/c1-11(2)14(20)10-18-15(21)12-7-6-8-13(9-12)19-16(22)17(3,4)5/h6-9,11,14,20H,10H2,1-5H3,(H,18,21)(H,19,22). The van der Waals surface area contributed by atoms with E-state index in [1.807, 2.05) is 34.6 Å². The van der Waals surface area contributed by atoms with E-state index in [4.69, 9.17) is 0 Å². The molecule has 0 aliphatic heterocycles. The second kappa shape index (κ2) is 7.40. The lowest BCUT2D eigenvalue weighted by Crippen LogP contribution is -2.34. The number of rotatable bonds is 5. The lowest BCUT2D eigenvalue weighted by atomic mass is 9.95. The Balaban J connectivity index is 2.71. The zero-order valence-corrected chi connectivity index (χ0v) is 13.9. The first-order valence-electron chi connectivity index (χ1n) is 7.49. The van der Waals surface area contributed by atoms with Crippen LogP contribution in [0.2, 0.25) is 0 Å². The second-order valence-electron chi connectivity index (χ2n) is 6.81. The summed E-state index contributed by atoms with van der Waals surface area (Å²) >= 11 is 0. The van der Waals surface area contributed by atoms with Crippen molar-refractivity contribution >= 4 is 17.5 Å². The molecule has 1 unspecified atom stereocenters. The zero-order chi connectivity index (χ0) is 16.9. The van der Waals surface area contributed by atoms with E-state index in [0.717, 1.165) is 0 Å². The molecule has 1 aromatic rings. The third-order valence-corrected chi connectivity index (χ3v) is 3.31. The highest BCUT2D eigenvalue weighted by Gasteiger charge is 2.21. The highest BCUT2D eigenvalue weighted by atomic mass is 16.3. The predicted octanol–water partition coefficient (Wildman–Crippen LogP) is 2.42. The number of hydrogen-bond acceptors (Lipinski definition) is 3. The molecule has 3 N–H and O–H groups in total. The van der Waals surface area contributed by atoms with Crippen molar-refractivity contribution in [2.45, 2.75) is 40.7 Å². The van der Waals surface area contributed by atoms with E-state index in [0.29, 0.717) is 11.3 Å². The minimum Gasteiger partial charge on any atom is -0.391 e. The molecular weight excluding hydrogens is 280 g/mol. The zero-order valence-electron chi connectivity index (χ0n) is 13.9. The average Bonchev–Trinajstić information content (AvgIpc) is 2.43. The fourth-order valence-corrected chi connectivity index (χ4v) is 1.59. The van der Waals surface area contributed by atoms with Gasteiger partial charge in [-0.3, -0.25) is 9.59 Å². The van der Waals surface area contributed by atoms with Gasteiger partial charge in [0, 0.05) is 23.2 Å². The van der Waals surface area contributed by atoms with Crippen LogP contribution in [0.15, 0.2) is 24.3 Å². The van der Waals surface area contributed by atoms with E-state index in [1.165, 1.54) is 0 Å². The molecule has 5 heteroatoms. The first-order valence-corrected chi connectivity index (χ1v) is 7.49. The summed E-state index contributed by atoms with van der Waals surface area (Å²) in [5, 5.41) is 15.2. The molecule has 5 nitrogen and oxygen atoms in total. The highest BCUT2D eigenvalue weighted by Crippen LogP contribution is 2.18. The van der Waals surface area contributed by atoms with Crippen molar-refractivity contribution in [3.8, 4) is 0 Å². The topological polar surface area (TPSA) is 78.4 Å². The lowest BCUT2D eigenvalue weighted by molar-refractivity contribution is -0.123. The molecule has 0 heterocycles. The second-order valence-corrected chi connectivity index (χ2v) is 6.81. The van der Waals surface area contributed by atoms with Crippen LogP contribution in [0.25, 0.3) is 0 Å². The van der Waals surface area contributed by atoms with Gasteiger partial charge in [0.05, 0.1) is 6.10 Å². The number of aliphatic hydroxyl groups is 1. The maximum Gasteiger partial charge on any atom is 0.251 e. The number of nitrogens with one attached hydrogen (secondary N) is 2. The molecule has 1 atom stereocenters. The van der Waals surface area contributed by atoms with E-state index in [1.54, 1.807) is 24.3 Å². The Bertz CT molecular complexity index is 533. The van der Waals surface area contributed by atoms with Crippen molar-refractivity contribution < 1.29 is 14.7 Å². The van der Waals surface area contributed by atoms with Crippen LogP contribution in [0.5, 0.6) is 0 Å². The van der Waals surface area contributed by atoms with Crippen molar-refractivity contribution in [3.05, 3.63) is 29.8 Å². The Hall–Kier alpha value is -1.88. The van der Waals surface area contributed by atoms with E-state index in [9.17, 15) is 14.7 Å². The van der Waals surface area contributed by atoms with Crippen LogP contribution in [0.3, 0.4) is 0 Å². The quantitative estimate of drug-likeness (QED) is 0.781. The number of aliphatic hydroxyl groups excluding tert-OH is 1. The van der Waals surface area contributed by atoms with Crippen molar-refractivity contribution in [1.29, 1.82) is 0 Å². The minimum absolute atomic E-state index is 0.0812. The summed E-state index contributed by atoms with van der Waals surface area (Å²) in [6.07, 6.45) is -0.576. The summed E-state index contributed by atoms with van der Waals surface area (Å²) in [4.78, 5) is 24.0. The van der Waals surface area contributed by atoms with Gasteiger partial charge < -0.3 is 15.7 Å². The Labute approximate surface area is 132 Å². The van der Waals surface area contributed by atoms with E-state index >= 15 is 0 Å². The van der Waals surface area contributed by atoms with E-state index < -0.39 is 11.5 Å². The monoisotopic (exact) mass is 306 g/mol. The SMILES string of the molecule is CC(C)C(O)CNC(=O)c1cccc(NC(=O)C(C)(C)C)c1. The van der Waals surface area contributed by atoms with Gasteiger partial charge in [0.2, 0.25) is 5.91 Å². The Morgan fingerprint density at radius 3 is 2.41 bits per heavy atom. The van der Waals surface area contributed by atoms with Gasteiger partial charge in [-0.1, -0.05) is 40.7 Å². The largest absolute Gasteiger partial charge is 0.391 e. The van der Waals surface area contributed by atoms with Gasteiger partial charge in [-0.15, -0.1) is 0 Å². The van der Waals surface area contributed by atoms with Gasteiger partial charge in [0.25, 0.3) is 5.91 Å². The molecule has 0 saturated heterocycles. The third kappa shape index (κ3) is 5.48. The lowest BCUT2D eigenvalue weighted by Gasteiger charge is -2.18. The predicted molar refractivity (Wildman–Crippen MR) is 87.7 cm³/mol. The summed E-state index contributed by atoms with van der Waals surface area (Å²) in [6, 6.07) is 6.75. The molecule has 122 valence electrons. The van der Waals surface area contributed by atoms with E-state index in [2.05, 4.69) is 10.6 Å². The Kier molecular flexibility index (Phi) is 6.11. The van der Waals surface area contributed by atoms with Gasteiger partial charge in [0.1, 0.15) is 0 Å². The van der Waals surface area contributed by atoms with Crippen LogP contribution in [0.4, 0.5) is 5.69 Å². The maximum absolute atomic E-state index is 12.1. The van der Waals surface area contributed by atoms with Crippen molar-refractivity contribution in [2.75, 3.05) is 11.9 Å². The van der Waals surface area contributed by atoms with Crippen LogP contribution in [-0.2, 0) is 4.79 Å². The number of amides is 2. The molecule has 1 rings (SSSR count). The molecule has 0 aromatic heterocycles. The molecule has 0 bridgehead atoms. The molecule has 0 spiro atoms. The molecule has 1 aromatic carbocycles. The summed E-state index contributed by atoms with van der Waals surface area (Å²) in [7, 11) is 0. The maximum atomic E-state index is 12.1. The van der Waals surface area contributed by atoms with Gasteiger partial charge in [-0.25, -0.2) is 0 Å². The molecular formula is C17H26N2O3. The molecule has 2 amide bonds. The van der Waals surface area contributed by atoms with Crippen LogP contribution in [0, 0.1) is 11.3 Å². The minimum atomic E-state index is -0.576. The number of carbonyl (C=O) groups excluding carboxylic acids is 2. The smallest absolute Gasteiger partial charge is 0.251 e. The summed E-state index contributed by atoms with van der Waals surface area (Å²) in [5.41, 5.74) is 0.527. The summed E-state index contributed by atoms with van der Waals surface area (Å²) in [5.74, 6) is -0.301. The highest BCUT2D eigenvalue weighted by molar-refractivity contribution is 5.98. The number of anilines is 1. The Morgan fingerprint density at radius 2 is 1.86 bits per heavy atom. The fourth-order valence-electron chi connectivity index (χ4n) is 1.59. The van der Waals surface area contributed by atoms with Crippen LogP contribution in [-0.4, -0.2) is 29.6 Å². The van der Waals surface area contributed by atoms with Gasteiger partial charge in [-0.05, 0) is 24.1 Å². The molecule has 0 saturated carbocycles. The Morgan fingerprint density at radius 1 is 1.23 bits per heavy atom. The van der Waals surface area contributed by atoms with Crippen molar-refractivity contribution in [3.63, 3.8) is 0 Å². The summed E-state index contributed by atoms with van der Waals surface area (Å²) < 4.78 is 0. The molecule has 0 aliphatic carbocycles. The number of benzene rings is 1. The van der Waals surface area contributed by atoms with Gasteiger partial charge >= 0.3 is 0 Å². The third-order valence-electron chi connectivity index (χ3n) is 3.31. The van der Waals surface area contributed by atoms with Crippen LogP contribution < -0.4 is 10.6 Å². The number of hydrogen-bond donors (Lipinski definition) is 3.